The Morgan fingerprint density at radius 1 is 1.12 bits per heavy atom. The number of hydrogen-bond acceptors (Lipinski definition) is 5. The summed E-state index contributed by atoms with van der Waals surface area (Å²) in [5.74, 6) is 0.231. The van der Waals surface area contributed by atoms with E-state index in [-0.39, 0.29) is 5.89 Å². The van der Waals surface area contributed by atoms with Gasteiger partial charge in [0.05, 0.1) is 5.56 Å². The summed E-state index contributed by atoms with van der Waals surface area (Å²) in [6.45, 7) is 0. The van der Waals surface area contributed by atoms with Gasteiger partial charge in [0, 0.05) is 18.6 Å². The molecule has 17 heavy (non-hydrogen) atoms. The van der Waals surface area contributed by atoms with Gasteiger partial charge in [-0.1, -0.05) is 0 Å². The molecule has 3 rings (SSSR count). The summed E-state index contributed by atoms with van der Waals surface area (Å²) in [5, 5.41) is 0.375. The average molecular weight is 225 g/mol. The fourth-order valence-corrected chi connectivity index (χ4v) is 1.52. The predicted octanol–water partition coefficient (Wildman–Crippen LogP) is 1.64. The molecule has 0 spiro atoms. The van der Waals surface area contributed by atoms with Crippen LogP contribution in [0.3, 0.4) is 0 Å². The highest BCUT2D eigenvalue weighted by atomic mass is 16.4. The molecule has 0 unspecified atom stereocenters. The first kappa shape index (κ1) is 9.65. The zero-order valence-electron chi connectivity index (χ0n) is 8.70. The monoisotopic (exact) mass is 225 g/mol. The van der Waals surface area contributed by atoms with E-state index in [0.717, 1.165) is 0 Å². The zero-order valence-corrected chi connectivity index (χ0v) is 8.70. The number of pyridine rings is 2. The van der Waals surface area contributed by atoms with Crippen molar-refractivity contribution < 1.29 is 4.42 Å². The minimum atomic E-state index is -0.443. The van der Waals surface area contributed by atoms with Gasteiger partial charge in [-0.15, -0.1) is 0 Å². The Bertz CT molecular complexity index is 722. The molecule has 3 heterocycles. The molecule has 82 valence electrons. The first-order valence-corrected chi connectivity index (χ1v) is 5.01. The quantitative estimate of drug-likeness (QED) is 0.629. The summed E-state index contributed by atoms with van der Waals surface area (Å²) in [6.07, 6.45) is 4.81. The van der Waals surface area contributed by atoms with Gasteiger partial charge in [0.2, 0.25) is 5.89 Å². The van der Waals surface area contributed by atoms with E-state index in [1.54, 1.807) is 42.9 Å². The molecule has 3 aromatic heterocycles. The molecule has 3 aromatic rings. The number of nitrogens with zero attached hydrogens (tertiary/aromatic N) is 3. The van der Waals surface area contributed by atoms with Crippen LogP contribution in [0.1, 0.15) is 0 Å². The minimum Gasteiger partial charge on any atom is -0.403 e. The summed E-state index contributed by atoms with van der Waals surface area (Å²) in [7, 11) is 0. The lowest BCUT2D eigenvalue weighted by Gasteiger charge is -1.99. The first-order chi connectivity index (χ1) is 8.34. The fraction of sp³-hybridized carbons (Fsp3) is 0. The van der Waals surface area contributed by atoms with Crippen molar-refractivity contribution in [2.24, 2.45) is 0 Å². The molecule has 0 aliphatic rings. The first-order valence-electron chi connectivity index (χ1n) is 5.01. The Hall–Kier alpha value is -2.56. The van der Waals surface area contributed by atoms with Gasteiger partial charge >= 0.3 is 5.63 Å². The van der Waals surface area contributed by atoms with E-state index in [2.05, 4.69) is 15.0 Å². The van der Waals surface area contributed by atoms with Crippen LogP contribution in [0, 0.1) is 0 Å². The zero-order chi connectivity index (χ0) is 11.7. The van der Waals surface area contributed by atoms with Crippen LogP contribution in [0.4, 0.5) is 0 Å². The normalized spacial score (nSPS) is 10.6. The smallest absolute Gasteiger partial charge is 0.348 e. The van der Waals surface area contributed by atoms with Crippen molar-refractivity contribution >= 4 is 11.0 Å². The van der Waals surface area contributed by atoms with Crippen molar-refractivity contribution in [1.82, 2.24) is 15.0 Å². The van der Waals surface area contributed by atoms with Crippen LogP contribution in [-0.2, 0) is 0 Å². The molecule has 0 aliphatic carbocycles. The van der Waals surface area contributed by atoms with Gasteiger partial charge in [-0.25, -0.2) is 9.78 Å². The van der Waals surface area contributed by atoms with Crippen LogP contribution >= 0.6 is 0 Å². The summed E-state index contributed by atoms with van der Waals surface area (Å²) in [5.41, 5.74) is 0.585. The van der Waals surface area contributed by atoms with Gasteiger partial charge in [0.1, 0.15) is 5.39 Å². The standard InChI is InChI=1S/C12H7N3O2/c16-12-9-4-2-6-14-10(9)15-11(17-12)8-3-1-5-13-7-8/h1-7H. The summed E-state index contributed by atoms with van der Waals surface area (Å²) in [6, 6.07) is 6.82. The maximum Gasteiger partial charge on any atom is 0.348 e. The van der Waals surface area contributed by atoms with E-state index in [1.807, 2.05) is 0 Å². The average Bonchev–Trinajstić information content (AvgIpc) is 2.40. The van der Waals surface area contributed by atoms with E-state index < -0.39 is 5.63 Å². The lowest BCUT2D eigenvalue weighted by molar-refractivity contribution is 0.517. The van der Waals surface area contributed by atoms with Gasteiger partial charge < -0.3 is 4.42 Å². The van der Waals surface area contributed by atoms with Crippen LogP contribution in [0.2, 0.25) is 0 Å². The van der Waals surface area contributed by atoms with E-state index in [4.69, 9.17) is 4.42 Å². The Kier molecular flexibility index (Phi) is 2.15. The molecule has 0 saturated carbocycles. The Morgan fingerprint density at radius 2 is 2.00 bits per heavy atom. The molecular weight excluding hydrogens is 218 g/mol. The van der Waals surface area contributed by atoms with E-state index in [0.29, 0.717) is 16.6 Å². The fourth-order valence-electron chi connectivity index (χ4n) is 1.52. The van der Waals surface area contributed by atoms with Crippen LogP contribution in [0.25, 0.3) is 22.5 Å². The summed E-state index contributed by atoms with van der Waals surface area (Å²) < 4.78 is 5.13. The van der Waals surface area contributed by atoms with E-state index in [9.17, 15) is 4.79 Å². The number of rotatable bonds is 1. The van der Waals surface area contributed by atoms with Crippen molar-refractivity contribution in [3.63, 3.8) is 0 Å². The summed E-state index contributed by atoms with van der Waals surface area (Å²) in [4.78, 5) is 23.9. The van der Waals surface area contributed by atoms with Crippen molar-refractivity contribution in [1.29, 1.82) is 0 Å². The van der Waals surface area contributed by atoms with Crippen LogP contribution in [0.5, 0.6) is 0 Å². The molecule has 0 bridgehead atoms. The third kappa shape index (κ3) is 1.67. The highest BCUT2D eigenvalue weighted by molar-refractivity contribution is 5.74. The van der Waals surface area contributed by atoms with E-state index in [1.165, 1.54) is 0 Å². The predicted molar refractivity (Wildman–Crippen MR) is 61.3 cm³/mol. The maximum atomic E-state index is 11.7. The maximum absolute atomic E-state index is 11.7. The second-order valence-corrected chi connectivity index (χ2v) is 3.42. The number of hydrogen-bond donors (Lipinski definition) is 0. The van der Waals surface area contributed by atoms with Crippen LogP contribution < -0.4 is 5.63 Å². The lowest BCUT2D eigenvalue weighted by Crippen LogP contribution is -2.03. The minimum absolute atomic E-state index is 0.231. The van der Waals surface area contributed by atoms with Crippen molar-refractivity contribution in [2.45, 2.75) is 0 Å². The molecule has 0 aliphatic heterocycles. The van der Waals surface area contributed by atoms with Gasteiger partial charge in [-0.05, 0) is 24.3 Å². The van der Waals surface area contributed by atoms with Crippen LogP contribution in [-0.4, -0.2) is 15.0 Å². The Morgan fingerprint density at radius 3 is 2.82 bits per heavy atom. The Labute approximate surface area is 95.8 Å². The molecule has 0 aromatic carbocycles. The van der Waals surface area contributed by atoms with E-state index >= 15 is 0 Å². The van der Waals surface area contributed by atoms with Crippen molar-refractivity contribution in [2.75, 3.05) is 0 Å². The third-order valence-corrected chi connectivity index (χ3v) is 2.31. The second kappa shape index (κ2) is 3.79. The Balaban J connectivity index is 2.30. The highest BCUT2D eigenvalue weighted by Gasteiger charge is 2.08. The van der Waals surface area contributed by atoms with Gasteiger partial charge in [-0.3, -0.25) is 4.98 Å². The van der Waals surface area contributed by atoms with Crippen molar-refractivity contribution in [3.05, 3.63) is 53.3 Å². The third-order valence-electron chi connectivity index (χ3n) is 2.31. The highest BCUT2D eigenvalue weighted by Crippen LogP contribution is 2.15. The lowest BCUT2D eigenvalue weighted by atomic mass is 10.3. The number of aromatic nitrogens is 3. The molecule has 5 heteroatoms. The molecule has 0 atom stereocenters. The SMILES string of the molecule is O=c1oc(-c2cccnc2)nc2ncccc12. The molecule has 0 N–H and O–H groups in total. The molecular formula is C12H7N3O2. The molecule has 5 nitrogen and oxygen atoms in total. The van der Waals surface area contributed by atoms with Gasteiger partial charge in [0.15, 0.2) is 5.65 Å². The van der Waals surface area contributed by atoms with Gasteiger partial charge in [0.25, 0.3) is 0 Å². The molecule has 0 saturated heterocycles. The van der Waals surface area contributed by atoms with Crippen LogP contribution in [0.15, 0.2) is 52.1 Å². The topological polar surface area (TPSA) is 68.9 Å². The largest absolute Gasteiger partial charge is 0.403 e. The number of fused-ring (bicyclic) bond motifs is 1. The second-order valence-electron chi connectivity index (χ2n) is 3.42. The van der Waals surface area contributed by atoms with Gasteiger partial charge in [-0.2, -0.15) is 4.98 Å². The molecule has 0 fully saturated rings. The molecule has 0 amide bonds. The molecule has 0 radical (unpaired) electrons. The van der Waals surface area contributed by atoms with Crippen molar-refractivity contribution in [3.8, 4) is 11.5 Å². The summed E-state index contributed by atoms with van der Waals surface area (Å²) >= 11 is 0.